The Morgan fingerprint density at radius 2 is 2.35 bits per heavy atom. The van der Waals surface area contributed by atoms with Crippen molar-refractivity contribution in [2.24, 2.45) is 0 Å². The maximum absolute atomic E-state index is 8.95. The number of benzene rings is 1. The van der Waals surface area contributed by atoms with Crippen LogP contribution in [0, 0.1) is 0 Å². The molecule has 1 atom stereocenters. The molecule has 2 rings (SSSR count). The van der Waals surface area contributed by atoms with Gasteiger partial charge in [-0.1, -0.05) is 22.0 Å². The fourth-order valence-electron chi connectivity index (χ4n) is 2.35. The van der Waals surface area contributed by atoms with Crippen LogP contribution in [0.4, 0.5) is 5.69 Å². The van der Waals surface area contributed by atoms with Gasteiger partial charge in [0.2, 0.25) is 0 Å². The largest absolute Gasteiger partial charge is 0.395 e. The molecule has 0 bridgehead atoms. The van der Waals surface area contributed by atoms with Crippen molar-refractivity contribution in [1.82, 2.24) is 4.90 Å². The highest BCUT2D eigenvalue weighted by Gasteiger charge is 2.25. The van der Waals surface area contributed by atoms with Crippen LogP contribution in [0.5, 0.6) is 0 Å². The molecule has 1 unspecified atom stereocenters. The molecule has 17 heavy (non-hydrogen) atoms. The first-order valence-electron chi connectivity index (χ1n) is 6.02. The zero-order valence-corrected chi connectivity index (χ0v) is 11.7. The van der Waals surface area contributed by atoms with Crippen LogP contribution in [-0.4, -0.2) is 49.3 Å². The highest BCUT2D eigenvalue weighted by Crippen LogP contribution is 2.25. The van der Waals surface area contributed by atoms with Crippen LogP contribution in [-0.2, 0) is 0 Å². The maximum Gasteiger partial charge on any atom is 0.0558 e. The van der Waals surface area contributed by atoms with Crippen molar-refractivity contribution in [2.75, 3.05) is 38.2 Å². The van der Waals surface area contributed by atoms with E-state index in [1.807, 2.05) is 0 Å². The lowest BCUT2D eigenvalue weighted by molar-refractivity contribution is 0.188. The summed E-state index contributed by atoms with van der Waals surface area (Å²) in [5, 5.41) is 8.95. The average Bonchev–Trinajstić information content (AvgIpc) is 2.78. The molecule has 4 heteroatoms. The summed E-state index contributed by atoms with van der Waals surface area (Å²) in [6.07, 6.45) is 1.17. The summed E-state index contributed by atoms with van der Waals surface area (Å²) in [6.45, 7) is 3.14. The summed E-state index contributed by atoms with van der Waals surface area (Å²) in [5.41, 5.74) is 1.28. The second-order valence-electron chi connectivity index (χ2n) is 4.57. The van der Waals surface area contributed by atoms with Crippen molar-refractivity contribution < 1.29 is 5.11 Å². The number of aliphatic hydroxyl groups is 1. The van der Waals surface area contributed by atoms with E-state index in [2.05, 4.69) is 57.0 Å². The first-order valence-corrected chi connectivity index (χ1v) is 6.81. The number of hydrogen-bond donors (Lipinski definition) is 1. The summed E-state index contributed by atoms with van der Waals surface area (Å²) < 4.78 is 1.13. The molecule has 94 valence electrons. The second kappa shape index (κ2) is 5.85. The molecular weight excluding hydrogens is 280 g/mol. The lowest BCUT2D eigenvalue weighted by Gasteiger charge is -2.24. The Labute approximate surface area is 111 Å². The number of rotatable bonds is 4. The lowest BCUT2D eigenvalue weighted by Crippen LogP contribution is -2.36. The van der Waals surface area contributed by atoms with E-state index in [1.54, 1.807) is 0 Å². The third kappa shape index (κ3) is 3.21. The van der Waals surface area contributed by atoms with Gasteiger partial charge in [-0.3, -0.25) is 4.90 Å². The smallest absolute Gasteiger partial charge is 0.0558 e. The molecule has 0 aliphatic carbocycles. The monoisotopic (exact) mass is 298 g/mol. The van der Waals surface area contributed by atoms with Crippen molar-refractivity contribution in [1.29, 1.82) is 0 Å². The summed E-state index contributed by atoms with van der Waals surface area (Å²) in [4.78, 5) is 4.65. The summed E-state index contributed by atoms with van der Waals surface area (Å²) in [5.74, 6) is 0. The molecule has 1 aliphatic heterocycles. The van der Waals surface area contributed by atoms with Gasteiger partial charge in [-0.05, 0) is 31.7 Å². The molecule has 1 N–H and O–H groups in total. The Kier molecular flexibility index (Phi) is 4.42. The number of nitrogens with zero attached hydrogens (tertiary/aromatic N) is 2. The van der Waals surface area contributed by atoms with Gasteiger partial charge < -0.3 is 10.0 Å². The van der Waals surface area contributed by atoms with Crippen molar-refractivity contribution in [2.45, 2.75) is 12.5 Å². The minimum Gasteiger partial charge on any atom is -0.395 e. The number of hydrogen-bond acceptors (Lipinski definition) is 3. The molecule has 0 amide bonds. The highest BCUT2D eigenvalue weighted by molar-refractivity contribution is 9.10. The first kappa shape index (κ1) is 12.9. The van der Waals surface area contributed by atoms with Crippen molar-refractivity contribution in [3.63, 3.8) is 0 Å². The van der Waals surface area contributed by atoms with Crippen LogP contribution in [0.25, 0.3) is 0 Å². The molecule has 1 heterocycles. The zero-order chi connectivity index (χ0) is 12.3. The Bertz CT molecular complexity index is 372. The summed E-state index contributed by atoms with van der Waals surface area (Å²) in [6, 6.07) is 8.99. The fourth-order valence-corrected chi connectivity index (χ4v) is 2.74. The van der Waals surface area contributed by atoms with Gasteiger partial charge in [-0.2, -0.15) is 0 Å². The minimum atomic E-state index is 0.240. The molecule has 1 saturated heterocycles. The van der Waals surface area contributed by atoms with Crippen LogP contribution in [0.2, 0.25) is 0 Å². The van der Waals surface area contributed by atoms with E-state index in [9.17, 15) is 0 Å². The Morgan fingerprint density at radius 3 is 3.06 bits per heavy atom. The zero-order valence-electron chi connectivity index (χ0n) is 10.1. The second-order valence-corrected chi connectivity index (χ2v) is 5.49. The van der Waals surface area contributed by atoms with Crippen LogP contribution in [0.1, 0.15) is 6.42 Å². The molecule has 1 aliphatic rings. The average molecular weight is 299 g/mol. The fraction of sp³-hybridized carbons (Fsp3) is 0.538. The predicted molar refractivity (Wildman–Crippen MR) is 74.5 cm³/mol. The molecule has 0 saturated carbocycles. The molecule has 1 aromatic rings. The topological polar surface area (TPSA) is 26.7 Å². The van der Waals surface area contributed by atoms with Crippen LogP contribution >= 0.6 is 15.9 Å². The normalized spacial score (nSPS) is 20.2. The van der Waals surface area contributed by atoms with Crippen LogP contribution in [0.3, 0.4) is 0 Å². The quantitative estimate of drug-likeness (QED) is 0.920. The van der Waals surface area contributed by atoms with Gasteiger partial charge in [-0.25, -0.2) is 0 Å². The molecule has 3 nitrogen and oxygen atoms in total. The van der Waals surface area contributed by atoms with E-state index in [0.717, 1.165) is 24.1 Å². The van der Waals surface area contributed by atoms with Crippen LogP contribution < -0.4 is 4.90 Å². The summed E-state index contributed by atoms with van der Waals surface area (Å²) >= 11 is 3.51. The van der Waals surface area contributed by atoms with E-state index >= 15 is 0 Å². The molecule has 0 spiro atoms. The van der Waals surface area contributed by atoms with Gasteiger partial charge in [0.15, 0.2) is 0 Å². The van der Waals surface area contributed by atoms with Gasteiger partial charge in [0, 0.05) is 35.8 Å². The number of anilines is 1. The highest BCUT2D eigenvalue weighted by atomic mass is 79.9. The number of likely N-dealkylation sites (N-methyl/N-ethyl adjacent to an activating group) is 1. The number of halogens is 1. The van der Waals surface area contributed by atoms with Gasteiger partial charge in [0.1, 0.15) is 0 Å². The maximum atomic E-state index is 8.95. The van der Waals surface area contributed by atoms with Crippen molar-refractivity contribution in [3.8, 4) is 0 Å². The SMILES string of the molecule is CN(CCO)C1CCN(c2cccc(Br)c2)C1. The standard InChI is InChI=1S/C13H19BrN2O/c1-15(7-8-17)13-5-6-16(10-13)12-4-2-3-11(14)9-12/h2-4,9,13,17H,5-8,10H2,1H3. The van der Waals surface area contributed by atoms with E-state index in [0.29, 0.717) is 6.04 Å². The van der Waals surface area contributed by atoms with Crippen molar-refractivity contribution >= 4 is 21.6 Å². The third-order valence-corrected chi connectivity index (χ3v) is 3.91. The third-order valence-electron chi connectivity index (χ3n) is 3.41. The first-order chi connectivity index (χ1) is 8.20. The van der Waals surface area contributed by atoms with Gasteiger partial charge >= 0.3 is 0 Å². The Morgan fingerprint density at radius 1 is 1.53 bits per heavy atom. The Balaban J connectivity index is 1.98. The van der Waals surface area contributed by atoms with E-state index in [-0.39, 0.29) is 6.61 Å². The van der Waals surface area contributed by atoms with Gasteiger partial charge in [0.05, 0.1) is 6.61 Å². The van der Waals surface area contributed by atoms with Gasteiger partial charge in [0.25, 0.3) is 0 Å². The summed E-state index contributed by atoms with van der Waals surface area (Å²) in [7, 11) is 2.09. The molecule has 1 fully saturated rings. The lowest BCUT2D eigenvalue weighted by atomic mass is 10.2. The molecule has 1 aromatic carbocycles. The van der Waals surface area contributed by atoms with Crippen molar-refractivity contribution in [3.05, 3.63) is 28.7 Å². The van der Waals surface area contributed by atoms with E-state index in [4.69, 9.17) is 5.11 Å². The molecular formula is C13H19BrN2O. The van der Waals surface area contributed by atoms with E-state index < -0.39 is 0 Å². The van der Waals surface area contributed by atoms with Crippen LogP contribution in [0.15, 0.2) is 28.7 Å². The minimum absolute atomic E-state index is 0.240. The Hall–Kier alpha value is -0.580. The number of aliphatic hydroxyl groups excluding tert-OH is 1. The molecule has 0 aromatic heterocycles. The van der Waals surface area contributed by atoms with E-state index in [1.165, 1.54) is 12.1 Å². The molecule has 0 radical (unpaired) electrons. The predicted octanol–water partition coefficient (Wildman–Crippen LogP) is 1.95. The van der Waals surface area contributed by atoms with Gasteiger partial charge in [-0.15, -0.1) is 0 Å².